The molecule has 0 spiro atoms. The van der Waals surface area contributed by atoms with Gasteiger partial charge in [-0.25, -0.2) is 9.97 Å². The van der Waals surface area contributed by atoms with E-state index in [9.17, 15) is 9.59 Å². The molecule has 1 aromatic rings. The Kier molecular flexibility index (Phi) is 4.56. The first-order valence-corrected chi connectivity index (χ1v) is 6.54. The van der Waals surface area contributed by atoms with Crippen LogP contribution < -0.4 is 9.47 Å². The van der Waals surface area contributed by atoms with E-state index in [0.29, 0.717) is 13.0 Å². The Morgan fingerprint density at radius 1 is 1.33 bits per heavy atom. The summed E-state index contributed by atoms with van der Waals surface area (Å²) in [6.07, 6.45) is 2.59. The lowest BCUT2D eigenvalue weighted by Crippen LogP contribution is -2.37. The molecule has 2 rings (SSSR count). The molecular weight excluding hydrogens is 278 g/mol. The van der Waals surface area contributed by atoms with Crippen LogP contribution in [0, 0.1) is 0 Å². The zero-order chi connectivity index (χ0) is 15.4. The molecule has 1 aliphatic heterocycles. The SMILES string of the molecule is COc1ncnc(OC)c1C(=O)N1CCC[C@@H]1CC(=O)O. The zero-order valence-corrected chi connectivity index (χ0v) is 11.9. The van der Waals surface area contributed by atoms with Gasteiger partial charge in [-0.15, -0.1) is 0 Å². The average Bonchev–Trinajstić information content (AvgIpc) is 2.92. The molecule has 1 N–H and O–H groups in total. The van der Waals surface area contributed by atoms with Gasteiger partial charge in [0.15, 0.2) is 5.56 Å². The molecule has 21 heavy (non-hydrogen) atoms. The Bertz CT molecular complexity index is 526. The number of rotatable bonds is 5. The molecule has 2 heterocycles. The molecule has 8 heteroatoms. The van der Waals surface area contributed by atoms with Crippen LogP contribution in [0.25, 0.3) is 0 Å². The van der Waals surface area contributed by atoms with Crippen molar-refractivity contribution < 1.29 is 24.2 Å². The van der Waals surface area contributed by atoms with Crippen molar-refractivity contribution in [1.29, 1.82) is 0 Å². The van der Waals surface area contributed by atoms with Crippen molar-refractivity contribution in [2.24, 2.45) is 0 Å². The summed E-state index contributed by atoms with van der Waals surface area (Å²) in [5.41, 5.74) is 0.125. The number of carbonyl (C=O) groups excluding carboxylic acids is 1. The lowest BCUT2D eigenvalue weighted by Gasteiger charge is -2.24. The second-order valence-corrected chi connectivity index (χ2v) is 4.66. The third kappa shape index (κ3) is 3.04. The van der Waals surface area contributed by atoms with E-state index in [4.69, 9.17) is 14.6 Å². The van der Waals surface area contributed by atoms with Gasteiger partial charge in [0.05, 0.1) is 20.6 Å². The monoisotopic (exact) mass is 295 g/mol. The van der Waals surface area contributed by atoms with Crippen molar-refractivity contribution in [2.45, 2.75) is 25.3 Å². The fourth-order valence-corrected chi connectivity index (χ4v) is 2.51. The minimum absolute atomic E-state index is 0.0793. The maximum absolute atomic E-state index is 12.7. The molecule has 1 amide bonds. The molecule has 0 aromatic carbocycles. The number of aliphatic carboxylic acids is 1. The minimum atomic E-state index is -0.928. The largest absolute Gasteiger partial charge is 0.481 e. The Morgan fingerprint density at radius 3 is 2.48 bits per heavy atom. The van der Waals surface area contributed by atoms with E-state index in [1.165, 1.54) is 25.4 Å². The van der Waals surface area contributed by atoms with E-state index in [0.717, 1.165) is 6.42 Å². The molecule has 1 fully saturated rings. The predicted molar refractivity (Wildman–Crippen MR) is 71.4 cm³/mol. The number of ether oxygens (including phenoxy) is 2. The summed E-state index contributed by atoms with van der Waals surface area (Å²) in [5.74, 6) is -1.06. The van der Waals surface area contributed by atoms with E-state index in [2.05, 4.69) is 9.97 Å². The van der Waals surface area contributed by atoms with Crippen LogP contribution in [0.2, 0.25) is 0 Å². The molecule has 0 saturated carbocycles. The number of hydrogen-bond donors (Lipinski definition) is 1. The fourth-order valence-electron chi connectivity index (χ4n) is 2.51. The molecule has 8 nitrogen and oxygen atoms in total. The quantitative estimate of drug-likeness (QED) is 0.847. The van der Waals surface area contributed by atoms with Crippen LogP contribution in [0.5, 0.6) is 11.8 Å². The number of nitrogens with zero attached hydrogens (tertiary/aromatic N) is 3. The number of amides is 1. The summed E-state index contributed by atoms with van der Waals surface area (Å²) in [5, 5.41) is 8.93. The maximum Gasteiger partial charge on any atom is 0.305 e. The Labute approximate surface area is 121 Å². The Morgan fingerprint density at radius 2 is 1.95 bits per heavy atom. The molecular formula is C13H17N3O5. The summed E-state index contributed by atoms with van der Waals surface area (Å²) < 4.78 is 10.2. The lowest BCUT2D eigenvalue weighted by atomic mass is 10.1. The molecule has 0 radical (unpaired) electrons. The van der Waals surface area contributed by atoms with Crippen molar-refractivity contribution in [3.05, 3.63) is 11.9 Å². The highest BCUT2D eigenvalue weighted by molar-refractivity contribution is 5.99. The van der Waals surface area contributed by atoms with Gasteiger partial charge in [0.1, 0.15) is 6.33 Å². The number of hydrogen-bond acceptors (Lipinski definition) is 6. The van der Waals surface area contributed by atoms with Gasteiger partial charge in [-0.2, -0.15) is 0 Å². The zero-order valence-electron chi connectivity index (χ0n) is 11.9. The maximum atomic E-state index is 12.7. The second kappa shape index (κ2) is 6.38. The van der Waals surface area contributed by atoms with Gasteiger partial charge in [-0.3, -0.25) is 9.59 Å². The molecule has 1 atom stereocenters. The number of carboxylic acids is 1. The topological polar surface area (TPSA) is 102 Å². The van der Waals surface area contributed by atoms with Crippen LogP contribution >= 0.6 is 0 Å². The lowest BCUT2D eigenvalue weighted by molar-refractivity contribution is -0.137. The second-order valence-electron chi connectivity index (χ2n) is 4.66. The summed E-state index contributed by atoms with van der Waals surface area (Å²) in [4.78, 5) is 32.9. The third-order valence-corrected chi connectivity index (χ3v) is 3.43. The van der Waals surface area contributed by atoms with Gasteiger partial charge in [-0.1, -0.05) is 0 Å². The van der Waals surface area contributed by atoms with E-state index in [-0.39, 0.29) is 35.7 Å². The van der Waals surface area contributed by atoms with E-state index in [1.807, 2.05) is 0 Å². The van der Waals surface area contributed by atoms with E-state index < -0.39 is 5.97 Å². The van der Waals surface area contributed by atoms with E-state index in [1.54, 1.807) is 0 Å². The number of likely N-dealkylation sites (tertiary alicyclic amines) is 1. The van der Waals surface area contributed by atoms with Crippen LogP contribution in [-0.2, 0) is 4.79 Å². The van der Waals surface area contributed by atoms with Crippen molar-refractivity contribution in [2.75, 3.05) is 20.8 Å². The Hall–Kier alpha value is -2.38. The van der Waals surface area contributed by atoms with Crippen LogP contribution in [0.4, 0.5) is 0 Å². The van der Waals surface area contributed by atoms with Crippen LogP contribution in [0.3, 0.4) is 0 Å². The smallest absolute Gasteiger partial charge is 0.305 e. The number of aromatic nitrogens is 2. The molecule has 114 valence electrons. The van der Waals surface area contributed by atoms with E-state index >= 15 is 0 Å². The minimum Gasteiger partial charge on any atom is -0.481 e. The van der Waals surface area contributed by atoms with Gasteiger partial charge in [0, 0.05) is 12.6 Å². The molecule has 1 aliphatic rings. The number of carboxylic acid groups (broad SMARTS) is 1. The summed E-state index contributed by atoms with van der Waals surface area (Å²) in [7, 11) is 2.80. The average molecular weight is 295 g/mol. The molecule has 0 unspecified atom stereocenters. The molecule has 0 bridgehead atoms. The van der Waals surface area contributed by atoms with Crippen molar-refractivity contribution >= 4 is 11.9 Å². The van der Waals surface area contributed by atoms with Crippen molar-refractivity contribution in [3.63, 3.8) is 0 Å². The van der Waals surface area contributed by atoms with Gasteiger partial charge in [-0.05, 0) is 12.8 Å². The highest BCUT2D eigenvalue weighted by Gasteiger charge is 2.34. The number of methoxy groups -OCH3 is 2. The molecule has 0 aliphatic carbocycles. The van der Waals surface area contributed by atoms with Crippen molar-refractivity contribution in [3.8, 4) is 11.8 Å². The van der Waals surface area contributed by atoms with Crippen LogP contribution in [0.1, 0.15) is 29.6 Å². The van der Waals surface area contributed by atoms with Gasteiger partial charge >= 0.3 is 5.97 Å². The Balaban J connectivity index is 2.33. The first kappa shape index (κ1) is 15.0. The van der Waals surface area contributed by atoms with Gasteiger partial charge in [0.25, 0.3) is 5.91 Å². The highest BCUT2D eigenvalue weighted by atomic mass is 16.5. The standard InChI is InChI=1S/C13H17N3O5/c1-20-11-10(12(21-2)15-7-14-11)13(19)16-5-3-4-8(16)6-9(17)18/h7-8H,3-6H2,1-2H3,(H,17,18)/t8-/m1/s1. The molecule has 1 saturated heterocycles. The molecule has 1 aromatic heterocycles. The van der Waals surface area contributed by atoms with Crippen molar-refractivity contribution in [1.82, 2.24) is 14.9 Å². The predicted octanol–water partition coefficient (Wildman–Crippen LogP) is 0.573. The summed E-state index contributed by atoms with van der Waals surface area (Å²) in [6, 6.07) is -0.329. The summed E-state index contributed by atoms with van der Waals surface area (Å²) in [6.45, 7) is 0.498. The fraction of sp³-hybridized carbons (Fsp3) is 0.538. The van der Waals surface area contributed by atoms with Gasteiger partial charge in [0.2, 0.25) is 11.8 Å². The third-order valence-electron chi connectivity index (χ3n) is 3.43. The number of carbonyl (C=O) groups is 2. The first-order valence-electron chi connectivity index (χ1n) is 6.54. The van der Waals surface area contributed by atoms with Crippen LogP contribution in [-0.4, -0.2) is 58.7 Å². The van der Waals surface area contributed by atoms with Crippen LogP contribution in [0.15, 0.2) is 6.33 Å². The normalized spacial score (nSPS) is 17.6. The summed E-state index contributed by atoms with van der Waals surface area (Å²) >= 11 is 0. The first-order chi connectivity index (χ1) is 10.1. The highest BCUT2D eigenvalue weighted by Crippen LogP contribution is 2.29. The van der Waals surface area contributed by atoms with Gasteiger partial charge < -0.3 is 19.5 Å².